The van der Waals surface area contributed by atoms with Crippen molar-refractivity contribution < 1.29 is 18.7 Å². The van der Waals surface area contributed by atoms with Crippen LogP contribution in [0.4, 0.5) is 0 Å². The molecule has 1 amide bonds. The molecule has 3 heterocycles. The molecule has 0 unspecified atom stereocenters. The molecule has 0 bridgehead atoms. The molecule has 1 aromatic carbocycles. The van der Waals surface area contributed by atoms with Crippen LogP contribution in [-0.4, -0.2) is 30.6 Å². The molecule has 132 valence electrons. The molecule has 1 saturated heterocycles. The predicted octanol–water partition coefficient (Wildman–Crippen LogP) is 3.74. The molecule has 2 aliphatic heterocycles. The number of carbonyl (C=O) groups excluding carboxylic acids is 1. The van der Waals surface area contributed by atoms with Crippen LogP contribution in [0.5, 0.6) is 11.5 Å². The minimum atomic E-state index is 0.126. The lowest BCUT2D eigenvalue weighted by atomic mass is 10.0. The number of hydrogen-bond donors (Lipinski definition) is 0. The zero-order valence-corrected chi connectivity index (χ0v) is 14.3. The first-order chi connectivity index (χ1) is 12.3. The van der Waals surface area contributed by atoms with Gasteiger partial charge in [-0.2, -0.15) is 0 Å². The fourth-order valence-electron chi connectivity index (χ4n) is 3.63. The van der Waals surface area contributed by atoms with Gasteiger partial charge < -0.3 is 18.8 Å². The highest BCUT2D eigenvalue weighted by Crippen LogP contribution is 2.38. The second kappa shape index (κ2) is 7.21. The number of rotatable bonds is 4. The zero-order chi connectivity index (χ0) is 17.1. The average Bonchev–Trinajstić information content (AvgIpc) is 3.27. The number of furan rings is 1. The Morgan fingerprint density at radius 1 is 1.12 bits per heavy atom. The van der Waals surface area contributed by atoms with E-state index in [2.05, 4.69) is 6.07 Å². The van der Waals surface area contributed by atoms with Crippen molar-refractivity contribution in [3.63, 3.8) is 0 Å². The number of nitrogens with zero attached hydrogens (tertiary/aromatic N) is 1. The molecule has 25 heavy (non-hydrogen) atoms. The highest BCUT2D eigenvalue weighted by atomic mass is 16.5. The van der Waals surface area contributed by atoms with Crippen LogP contribution in [-0.2, 0) is 11.2 Å². The summed E-state index contributed by atoms with van der Waals surface area (Å²) in [5, 5.41) is 0. The second-order valence-corrected chi connectivity index (χ2v) is 6.58. The number of amides is 1. The smallest absolute Gasteiger partial charge is 0.223 e. The lowest BCUT2D eigenvalue weighted by molar-refractivity contribution is -0.132. The summed E-state index contributed by atoms with van der Waals surface area (Å²) in [5.74, 6) is 2.64. The Labute approximate surface area is 147 Å². The van der Waals surface area contributed by atoms with E-state index in [9.17, 15) is 4.79 Å². The van der Waals surface area contributed by atoms with Crippen LogP contribution in [0.3, 0.4) is 0 Å². The summed E-state index contributed by atoms with van der Waals surface area (Å²) in [7, 11) is 0. The van der Waals surface area contributed by atoms with Crippen LogP contribution in [0.25, 0.3) is 0 Å². The molecule has 0 aliphatic carbocycles. The molecule has 0 N–H and O–H groups in total. The van der Waals surface area contributed by atoms with E-state index < -0.39 is 0 Å². The fourth-order valence-corrected chi connectivity index (χ4v) is 3.63. The average molecular weight is 341 g/mol. The molecular formula is C20H23NO4. The minimum absolute atomic E-state index is 0.126. The maximum atomic E-state index is 12.7. The van der Waals surface area contributed by atoms with E-state index in [1.54, 1.807) is 6.26 Å². The second-order valence-electron chi connectivity index (χ2n) is 6.58. The molecule has 1 aromatic heterocycles. The van der Waals surface area contributed by atoms with Gasteiger partial charge in [0, 0.05) is 25.8 Å². The Balaban J connectivity index is 1.47. The number of likely N-dealkylation sites (tertiary alicyclic amines) is 1. The quantitative estimate of drug-likeness (QED) is 0.850. The van der Waals surface area contributed by atoms with Gasteiger partial charge in [-0.15, -0.1) is 0 Å². The summed E-state index contributed by atoms with van der Waals surface area (Å²) in [5.41, 5.74) is 1.13. The Morgan fingerprint density at radius 3 is 2.84 bits per heavy atom. The lowest BCUT2D eigenvalue weighted by Crippen LogP contribution is -2.30. The number of ether oxygens (including phenoxy) is 2. The minimum Gasteiger partial charge on any atom is -0.490 e. The number of aryl methyl sites for hydroxylation is 1. The number of hydrogen-bond acceptors (Lipinski definition) is 4. The monoisotopic (exact) mass is 341 g/mol. The lowest BCUT2D eigenvalue weighted by Gasteiger charge is -2.25. The van der Waals surface area contributed by atoms with E-state index in [4.69, 9.17) is 13.9 Å². The summed E-state index contributed by atoms with van der Waals surface area (Å²) in [4.78, 5) is 14.7. The number of carbonyl (C=O) groups is 1. The van der Waals surface area contributed by atoms with Crippen molar-refractivity contribution in [3.05, 3.63) is 47.9 Å². The Kier molecular flexibility index (Phi) is 4.63. The van der Waals surface area contributed by atoms with E-state index >= 15 is 0 Å². The van der Waals surface area contributed by atoms with Crippen LogP contribution < -0.4 is 9.47 Å². The van der Waals surface area contributed by atoms with Gasteiger partial charge >= 0.3 is 0 Å². The van der Waals surface area contributed by atoms with Gasteiger partial charge in [0.05, 0.1) is 25.5 Å². The third-order valence-corrected chi connectivity index (χ3v) is 4.89. The summed E-state index contributed by atoms with van der Waals surface area (Å²) in [6.07, 6.45) is 5.70. The topological polar surface area (TPSA) is 51.9 Å². The molecule has 1 fully saturated rings. The highest BCUT2D eigenvalue weighted by molar-refractivity contribution is 5.77. The van der Waals surface area contributed by atoms with Gasteiger partial charge in [-0.25, -0.2) is 0 Å². The molecule has 2 aromatic rings. The van der Waals surface area contributed by atoms with E-state index in [1.807, 2.05) is 29.2 Å². The van der Waals surface area contributed by atoms with Crippen molar-refractivity contribution in [2.24, 2.45) is 0 Å². The van der Waals surface area contributed by atoms with Gasteiger partial charge in [-0.3, -0.25) is 4.79 Å². The summed E-state index contributed by atoms with van der Waals surface area (Å²) >= 11 is 0. The van der Waals surface area contributed by atoms with Gasteiger partial charge in [0.1, 0.15) is 5.76 Å². The fraction of sp³-hybridized carbons (Fsp3) is 0.450. The molecule has 4 rings (SSSR count). The van der Waals surface area contributed by atoms with E-state index in [1.165, 1.54) is 0 Å². The van der Waals surface area contributed by atoms with Gasteiger partial charge in [-0.1, -0.05) is 6.07 Å². The van der Waals surface area contributed by atoms with Gasteiger partial charge in [0.2, 0.25) is 5.91 Å². The van der Waals surface area contributed by atoms with Gasteiger partial charge in [0.25, 0.3) is 0 Å². The standard InChI is InChI=1S/C20H23NO4/c22-20(9-7-16-4-2-11-23-16)21-10-1-5-17(21)15-6-8-18-19(14-15)25-13-3-12-24-18/h2,4,6,8,11,14,17H,1,3,5,7,9-10,12-13H2/t17-/m1/s1. The zero-order valence-electron chi connectivity index (χ0n) is 14.3. The van der Waals surface area contributed by atoms with Crippen LogP contribution in [0.2, 0.25) is 0 Å². The van der Waals surface area contributed by atoms with Crippen LogP contribution in [0, 0.1) is 0 Å². The molecule has 5 nitrogen and oxygen atoms in total. The third-order valence-electron chi connectivity index (χ3n) is 4.89. The number of benzene rings is 1. The summed E-state index contributed by atoms with van der Waals surface area (Å²) in [6, 6.07) is 9.98. The first-order valence-electron chi connectivity index (χ1n) is 9.02. The third kappa shape index (κ3) is 3.50. The maximum absolute atomic E-state index is 12.7. The molecular weight excluding hydrogens is 318 g/mol. The van der Waals surface area contributed by atoms with E-state index in [0.717, 1.165) is 48.6 Å². The van der Waals surface area contributed by atoms with Crippen molar-refractivity contribution >= 4 is 5.91 Å². The molecule has 5 heteroatoms. The number of fused-ring (bicyclic) bond motifs is 1. The van der Waals surface area contributed by atoms with Gasteiger partial charge in [0.15, 0.2) is 11.5 Å². The molecule has 1 atom stereocenters. The van der Waals surface area contributed by atoms with E-state index in [-0.39, 0.29) is 11.9 Å². The molecule has 0 spiro atoms. The maximum Gasteiger partial charge on any atom is 0.223 e. The van der Waals surface area contributed by atoms with Crippen molar-refractivity contribution in [1.29, 1.82) is 0 Å². The van der Waals surface area contributed by atoms with Crippen LogP contribution in [0.1, 0.15) is 43.0 Å². The van der Waals surface area contributed by atoms with Crippen LogP contribution in [0.15, 0.2) is 41.0 Å². The molecule has 0 saturated carbocycles. The Bertz CT molecular complexity index is 725. The largest absolute Gasteiger partial charge is 0.490 e. The molecule has 0 radical (unpaired) electrons. The summed E-state index contributed by atoms with van der Waals surface area (Å²) < 4.78 is 16.8. The summed E-state index contributed by atoms with van der Waals surface area (Å²) in [6.45, 7) is 2.18. The molecule has 2 aliphatic rings. The predicted molar refractivity (Wildman–Crippen MR) is 92.8 cm³/mol. The Morgan fingerprint density at radius 2 is 2.00 bits per heavy atom. The van der Waals surface area contributed by atoms with Crippen molar-refractivity contribution in [2.45, 2.75) is 38.1 Å². The van der Waals surface area contributed by atoms with Gasteiger partial charge in [-0.05, 0) is 42.7 Å². The normalized spacial score (nSPS) is 19.7. The first kappa shape index (κ1) is 16.1. The first-order valence-corrected chi connectivity index (χ1v) is 9.02. The van der Waals surface area contributed by atoms with E-state index in [0.29, 0.717) is 26.1 Å². The van der Waals surface area contributed by atoms with Crippen molar-refractivity contribution in [3.8, 4) is 11.5 Å². The van der Waals surface area contributed by atoms with Crippen molar-refractivity contribution in [2.75, 3.05) is 19.8 Å². The Hall–Kier alpha value is -2.43. The highest BCUT2D eigenvalue weighted by Gasteiger charge is 2.30. The SMILES string of the molecule is O=C(CCc1ccco1)N1CCC[C@@H]1c1ccc2c(c1)OCCCO2. The van der Waals surface area contributed by atoms with Crippen molar-refractivity contribution in [1.82, 2.24) is 4.90 Å². The van der Waals surface area contributed by atoms with Crippen LogP contribution >= 0.6 is 0 Å².